The van der Waals surface area contributed by atoms with Gasteiger partial charge in [-0.3, -0.25) is 14.2 Å². The minimum Gasteiger partial charge on any atom is -0.493 e. The molecule has 0 radical (unpaired) electrons. The summed E-state index contributed by atoms with van der Waals surface area (Å²) in [4.78, 5) is 45.1. The van der Waals surface area contributed by atoms with Gasteiger partial charge in [0, 0.05) is 10.6 Å². The second kappa shape index (κ2) is 13.4. The van der Waals surface area contributed by atoms with Crippen LogP contribution in [0, 0.1) is 3.57 Å². The highest BCUT2D eigenvalue weighted by atomic mass is 127. The van der Waals surface area contributed by atoms with Crippen LogP contribution in [0.3, 0.4) is 0 Å². The molecule has 12 heteroatoms. The van der Waals surface area contributed by atoms with Crippen molar-refractivity contribution in [1.82, 2.24) is 4.57 Å². The molecule has 0 saturated carbocycles. The SMILES string of the molecule is COc1cc(/C=c2\sc3n(c2=O)[C@H](c2cccs2)C(C(=O)Nc2ccccc2)=C(C)N=3)cc(I)c1OCc1cccc(C(=O)O)c1. The molecule has 1 aliphatic heterocycles. The minimum atomic E-state index is -1.01. The van der Waals surface area contributed by atoms with Gasteiger partial charge in [-0.2, -0.15) is 0 Å². The van der Waals surface area contributed by atoms with Crippen LogP contribution in [-0.4, -0.2) is 28.7 Å². The molecule has 1 atom stereocenters. The minimum absolute atomic E-state index is 0.147. The first-order valence-corrected chi connectivity index (χ1v) is 16.8. The highest BCUT2D eigenvalue weighted by Crippen LogP contribution is 2.35. The Hall–Kier alpha value is -4.53. The van der Waals surface area contributed by atoms with Crippen molar-refractivity contribution in [3.63, 3.8) is 0 Å². The molecule has 3 aromatic carbocycles. The number of fused-ring (bicyclic) bond motifs is 1. The fourth-order valence-corrected chi connectivity index (χ4v) is 7.76. The Morgan fingerprint density at radius 3 is 2.61 bits per heavy atom. The number of aromatic nitrogens is 1. The third-order valence-corrected chi connectivity index (χ3v) is 9.93. The number of rotatable bonds is 9. The summed E-state index contributed by atoms with van der Waals surface area (Å²) in [6, 6.07) is 22.6. The molecule has 0 spiro atoms. The maximum Gasteiger partial charge on any atom is 0.335 e. The van der Waals surface area contributed by atoms with Gasteiger partial charge < -0.3 is 19.9 Å². The summed E-state index contributed by atoms with van der Waals surface area (Å²) in [6.45, 7) is 1.94. The average Bonchev–Trinajstić information content (AvgIpc) is 3.68. The Morgan fingerprint density at radius 2 is 1.89 bits per heavy atom. The van der Waals surface area contributed by atoms with E-state index in [1.165, 1.54) is 35.8 Å². The number of para-hydroxylation sites is 1. The van der Waals surface area contributed by atoms with E-state index in [1.807, 2.05) is 53.9 Å². The summed E-state index contributed by atoms with van der Waals surface area (Å²) in [7, 11) is 1.53. The lowest BCUT2D eigenvalue weighted by molar-refractivity contribution is -0.113. The quantitative estimate of drug-likeness (QED) is 0.183. The van der Waals surface area contributed by atoms with Gasteiger partial charge in [0.1, 0.15) is 12.6 Å². The maximum absolute atomic E-state index is 14.0. The van der Waals surface area contributed by atoms with Crippen molar-refractivity contribution in [2.24, 2.45) is 4.99 Å². The van der Waals surface area contributed by atoms with E-state index in [1.54, 1.807) is 41.8 Å². The van der Waals surface area contributed by atoms with Crippen molar-refractivity contribution in [3.05, 3.63) is 140 Å². The molecule has 46 heavy (non-hydrogen) atoms. The molecule has 0 bridgehead atoms. The third-order valence-electron chi connectivity index (χ3n) is 7.22. The molecule has 3 heterocycles. The summed E-state index contributed by atoms with van der Waals surface area (Å²) in [5.41, 5.74) is 2.96. The molecule has 2 aromatic heterocycles. The Balaban J connectivity index is 1.35. The molecule has 9 nitrogen and oxygen atoms in total. The lowest BCUT2D eigenvalue weighted by Gasteiger charge is -2.24. The van der Waals surface area contributed by atoms with Crippen molar-refractivity contribution < 1.29 is 24.2 Å². The van der Waals surface area contributed by atoms with Gasteiger partial charge in [0.05, 0.1) is 32.0 Å². The Morgan fingerprint density at radius 1 is 1.09 bits per heavy atom. The van der Waals surface area contributed by atoms with Gasteiger partial charge in [-0.1, -0.05) is 47.7 Å². The number of methoxy groups -OCH3 is 1. The number of nitrogens with zero attached hydrogens (tertiary/aromatic N) is 2. The Bertz CT molecular complexity index is 2170. The normalized spacial score (nSPS) is 14.4. The lowest BCUT2D eigenvalue weighted by Crippen LogP contribution is -2.40. The number of anilines is 1. The topological polar surface area (TPSA) is 119 Å². The number of hydrogen-bond donors (Lipinski definition) is 2. The predicted molar refractivity (Wildman–Crippen MR) is 187 cm³/mol. The Kier molecular flexibility index (Phi) is 9.20. The summed E-state index contributed by atoms with van der Waals surface area (Å²) in [5.74, 6) is -0.353. The molecular formula is C34H26IN3O6S2. The first-order chi connectivity index (χ1) is 22.2. The number of aromatic carboxylic acids is 1. The zero-order chi connectivity index (χ0) is 32.4. The zero-order valence-electron chi connectivity index (χ0n) is 24.5. The van der Waals surface area contributed by atoms with Crippen LogP contribution in [0.15, 0.2) is 105 Å². The largest absolute Gasteiger partial charge is 0.493 e. The number of carboxylic acid groups (broad SMARTS) is 1. The monoisotopic (exact) mass is 763 g/mol. The van der Waals surface area contributed by atoms with Gasteiger partial charge in [-0.25, -0.2) is 9.79 Å². The van der Waals surface area contributed by atoms with E-state index in [0.29, 0.717) is 43.4 Å². The number of carboxylic acids is 1. The fraction of sp³-hybridized carbons (Fsp3) is 0.118. The molecule has 232 valence electrons. The molecular weight excluding hydrogens is 737 g/mol. The van der Waals surface area contributed by atoms with Crippen LogP contribution >= 0.6 is 45.3 Å². The van der Waals surface area contributed by atoms with Gasteiger partial charge in [0.25, 0.3) is 11.5 Å². The highest BCUT2D eigenvalue weighted by molar-refractivity contribution is 14.1. The zero-order valence-corrected chi connectivity index (χ0v) is 28.3. The third kappa shape index (κ3) is 6.41. The van der Waals surface area contributed by atoms with Crippen molar-refractivity contribution in [2.75, 3.05) is 12.4 Å². The van der Waals surface area contributed by atoms with Gasteiger partial charge in [0.2, 0.25) is 0 Å². The molecule has 1 amide bonds. The van der Waals surface area contributed by atoms with E-state index in [-0.39, 0.29) is 23.6 Å². The van der Waals surface area contributed by atoms with Crippen LogP contribution in [0.5, 0.6) is 11.5 Å². The van der Waals surface area contributed by atoms with Gasteiger partial charge in [-0.05, 0) is 94.6 Å². The Labute approximate surface area is 284 Å². The summed E-state index contributed by atoms with van der Waals surface area (Å²) in [6.07, 6.45) is 1.78. The van der Waals surface area contributed by atoms with E-state index < -0.39 is 12.0 Å². The maximum atomic E-state index is 14.0. The van der Waals surface area contributed by atoms with Crippen molar-refractivity contribution in [3.8, 4) is 11.5 Å². The molecule has 0 unspecified atom stereocenters. The molecule has 0 fully saturated rings. The van der Waals surface area contributed by atoms with Gasteiger partial charge in [0.15, 0.2) is 16.3 Å². The van der Waals surface area contributed by atoms with E-state index in [4.69, 9.17) is 14.5 Å². The van der Waals surface area contributed by atoms with Crippen LogP contribution in [0.25, 0.3) is 6.08 Å². The number of ether oxygens (including phenoxy) is 2. The summed E-state index contributed by atoms with van der Waals surface area (Å²) in [5, 5.41) is 14.2. The number of carbonyl (C=O) groups is 2. The van der Waals surface area contributed by atoms with Crippen molar-refractivity contribution in [1.29, 1.82) is 0 Å². The molecule has 2 N–H and O–H groups in total. The van der Waals surface area contributed by atoms with Crippen LogP contribution in [0.2, 0.25) is 0 Å². The van der Waals surface area contributed by atoms with Crippen molar-refractivity contribution >= 4 is 68.9 Å². The average molecular weight is 764 g/mol. The van der Waals surface area contributed by atoms with Gasteiger partial charge in [-0.15, -0.1) is 11.3 Å². The van der Waals surface area contributed by atoms with Gasteiger partial charge >= 0.3 is 5.97 Å². The second-order valence-corrected chi connectivity index (χ2v) is 13.4. The van der Waals surface area contributed by atoms with Crippen molar-refractivity contribution in [2.45, 2.75) is 19.6 Å². The van der Waals surface area contributed by atoms with E-state index >= 15 is 0 Å². The van der Waals surface area contributed by atoms with Crippen LogP contribution in [0.1, 0.15) is 39.3 Å². The molecule has 6 rings (SSSR count). The molecule has 0 saturated heterocycles. The summed E-state index contributed by atoms with van der Waals surface area (Å²) < 4.78 is 14.5. The first-order valence-electron chi connectivity index (χ1n) is 14.0. The number of thiophene rings is 1. The van der Waals surface area contributed by atoms with E-state index in [9.17, 15) is 19.5 Å². The smallest absolute Gasteiger partial charge is 0.335 e. The number of carbonyl (C=O) groups excluding carboxylic acids is 1. The van der Waals surface area contributed by atoms with E-state index in [2.05, 4.69) is 27.9 Å². The number of allylic oxidation sites excluding steroid dienone is 1. The number of benzene rings is 3. The number of hydrogen-bond acceptors (Lipinski definition) is 8. The first kappa shape index (κ1) is 31.5. The molecule has 5 aromatic rings. The van der Waals surface area contributed by atoms with E-state index in [0.717, 1.165) is 14.0 Å². The second-order valence-electron chi connectivity index (χ2n) is 10.2. The predicted octanol–water partition coefficient (Wildman–Crippen LogP) is 5.83. The standard InChI is InChI=1S/C34H26IN3O6S2/c1-19-28(31(39)37-23-10-4-3-5-11-23)29(26-12-7-13-45-26)38-32(40)27(46-34(38)36-19)17-21-15-24(35)30(25(16-21)43-2)44-18-20-8-6-9-22(14-20)33(41)42/h3-17,29H,18H2,1-2H3,(H,37,39)(H,41,42)/b27-17-/t29-/m1/s1. The highest BCUT2D eigenvalue weighted by Gasteiger charge is 2.33. The van der Waals surface area contributed by atoms with Crippen LogP contribution in [-0.2, 0) is 11.4 Å². The molecule has 0 aliphatic carbocycles. The number of amides is 1. The lowest BCUT2D eigenvalue weighted by atomic mass is 10.0. The summed E-state index contributed by atoms with van der Waals surface area (Å²) >= 11 is 4.88. The van der Waals surface area contributed by atoms with Crippen LogP contribution < -0.4 is 29.7 Å². The molecule has 1 aliphatic rings. The number of halogens is 1. The number of nitrogens with one attached hydrogen (secondary N) is 1. The van der Waals surface area contributed by atoms with Crippen LogP contribution in [0.4, 0.5) is 5.69 Å². The number of thiazole rings is 1. The fourth-order valence-electron chi connectivity index (χ4n) is 5.11.